The average molecular weight is 461 g/mol. The lowest BCUT2D eigenvalue weighted by atomic mass is 10.1. The Morgan fingerprint density at radius 3 is 2.24 bits per heavy atom. The second-order valence-electron chi connectivity index (χ2n) is 7.45. The van der Waals surface area contributed by atoms with E-state index < -0.39 is 10.0 Å². The number of amides is 1. The quantitative estimate of drug-likeness (QED) is 0.394. The van der Waals surface area contributed by atoms with Crippen molar-refractivity contribution in [1.82, 2.24) is 5.32 Å². The Bertz CT molecular complexity index is 1350. The van der Waals surface area contributed by atoms with Gasteiger partial charge in [-0.3, -0.25) is 9.10 Å². The summed E-state index contributed by atoms with van der Waals surface area (Å²) in [5.74, 6) is 0.493. The summed E-state index contributed by atoms with van der Waals surface area (Å²) in [5.41, 5.74) is 0.907. The van der Waals surface area contributed by atoms with Gasteiger partial charge in [0.25, 0.3) is 15.9 Å². The molecule has 168 valence electrons. The molecule has 0 atom stereocenters. The Morgan fingerprint density at radius 2 is 1.52 bits per heavy atom. The van der Waals surface area contributed by atoms with Crippen molar-refractivity contribution in [2.45, 2.75) is 4.90 Å². The molecule has 33 heavy (non-hydrogen) atoms. The third kappa shape index (κ3) is 5.15. The molecule has 0 aliphatic heterocycles. The third-order valence-electron chi connectivity index (χ3n) is 5.27. The van der Waals surface area contributed by atoms with Gasteiger partial charge in [0.2, 0.25) is 0 Å². The van der Waals surface area contributed by atoms with Crippen LogP contribution in [-0.2, 0) is 10.0 Å². The molecule has 1 amide bonds. The number of ether oxygens (including phenoxy) is 1. The number of nitrogens with one attached hydrogen (secondary N) is 1. The summed E-state index contributed by atoms with van der Waals surface area (Å²) in [7, 11) is -2.18. The Hall–Kier alpha value is -3.84. The van der Waals surface area contributed by atoms with Crippen LogP contribution in [0.4, 0.5) is 5.69 Å². The molecule has 4 aromatic rings. The van der Waals surface area contributed by atoms with E-state index in [1.54, 1.807) is 54.6 Å². The van der Waals surface area contributed by atoms with Gasteiger partial charge in [-0.25, -0.2) is 8.42 Å². The first-order valence-corrected chi connectivity index (χ1v) is 11.9. The predicted molar refractivity (Wildman–Crippen MR) is 130 cm³/mol. The third-order valence-corrected chi connectivity index (χ3v) is 7.07. The van der Waals surface area contributed by atoms with Crippen molar-refractivity contribution in [2.24, 2.45) is 0 Å². The second kappa shape index (κ2) is 9.75. The molecule has 0 aliphatic rings. The first kappa shape index (κ1) is 22.4. The average Bonchev–Trinajstić information content (AvgIpc) is 2.86. The molecule has 1 N–H and O–H groups in total. The summed E-state index contributed by atoms with van der Waals surface area (Å²) in [6.45, 7) is 0.677. The molecule has 4 aromatic carbocycles. The molecule has 0 saturated heterocycles. The van der Waals surface area contributed by atoms with Gasteiger partial charge in [0.1, 0.15) is 12.4 Å². The van der Waals surface area contributed by atoms with Crippen molar-refractivity contribution >= 4 is 32.4 Å². The van der Waals surface area contributed by atoms with Crippen LogP contribution in [-0.4, -0.2) is 34.5 Å². The highest BCUT2D eigenvalue weighted by molar-refractivity contribution is 7.92. The molecular weight excluding hydrogens is 436 g/mol. The zero-order chi connectivity index (χ0) is 23.3. The van der Waals surface area contributed by atoms with Gasteiger partial charge in [0.15, 0.2) is 0 Å². The van der Waals surface area contributed by atoms with Gasteiger partial charge in [0.05, 0.1) is 17.1 Å². The van der Waals surface area contributed by atoms with E-state index >= 15 is 0 Å². The topological polar surface area (TPSA) is 75.7 Å². The summed E-state index contributed by atoms with van der Waals surface area (Å²) >= 11 is 0. The van der Waals surface area contributed by atoms with E-state index in [9.17, 15) is 13.2 Å². The van der Waals surface area contributed by atoms with E-state index in [2.05, 4.69) is 5.32 Å². The molecule has 0 heterocycles. The molecule has 0 saturated carbocycles. The van der Waals surface area contributed by atoms with E-state index in [1.807, 2.05) is 42.5 Å². The molecule has 0 aliphatic carbocycles. The molecular formula is C26H24N2O4S. The monoisotopic (exact) mass is 460 g/mol. The maximum absolute atomic E-state index is 12.7. The van der Waals surface area contributed by atoms with Crippen LogP contribution >= 0.6 is 0 Å². The maximum atomic E-state index is 12.7. The van der Waals surface area contributed by atoms with Crippen LogP contribution in [0.3, 0.4) is 0 Å². The fourth-order valence-corrected chi connectivity index (χ4v) is 4.62. The highest BCUT2D eigenvalue weighted by Crippen LogP contribution is 2.22. The molecule has 0 spiro atoms. The number of hydrogen-bond acceptors (Lipinski definition) is 4. The van der Waals surface area contributed by atoms with Gasteiger partial charge in [-0.1, -0.05) is 48.5 Å². The Balaban J connectivity index is 1.31. The van der Waals surface area contributed by atoms with Crippen molar-refractivity contribution in [3.8, 4) is 5.75 Å². The van der Waals surface area contributed by atoms with Crippen molar-refractivity contribution in [2.75, 3.05) is 24.5 Å². The minimum Gasteiger partial charge on any atom is -0.492 e. The summed E-state index contributed by atoms with van der Waals surface area (Å²) in [4.78, 5) is 12.6. The summed E-state index contributed by atoms with van der Waals surface area (Å²) in [5, 5.41) is 5.05. The van der Waals surface area contributed by atoms with Gasteiger partial charge in [-0.2, -0.15) is 0 Å². The van der Waals surface area contributed by atoms with Crippen LogP contribution in [0.15, 0.2) is 102 Å². The number of carbonyl (C=O) groups is 1. The minimum atomic E-state index is -3.67. The smallest absolute Gasteiger partial charge is 0.264 e. The van der Waals surface area contributed by atoms with E-state index in [0.717, 1.165) is 16.5 Å². The number of sulfonamides is 1. The SMILES string of the molecule is CN(c1ccc(C(=O)NCCOc2ccc3ccccc3c2)cc1)S(=O)(=O)c1ccccc1. The first-order chi connectivity index (χ1) is 15.9. The number of rotatable bonds is 8. The Kier molecular flexibility index (Phi) is 6.60. The van der Waals surface area contributed by atoms with E-state index in [-0.39, 0.29) is 10.8 Å². The lowest BCUT2D eigenvalue weighted by molar-refractivity contribution is 0.0947. The largest absolute Gasteiger partial charge is 0.492 e. The highest BCUT2D eigenvalue weighted by atomic mass is 32.2. The van der Waals surface area contributed by atoms with Crippen LogP contribution in [0, 0.1) is 0 Å². The number of hydrogen-bond donors (Lipinski definition) is 1. The van der Waals surface area contributed by atoms with Gasteiger partial charge >= 0.3 is 0 Å². The Morgan fingerprint density at radius 1 is 0.848 bits per heavy atom. The summed E-state index contributed by atoms with van der Waals surface area (Å²) < 4.78 is 32.4. The van der Waals surface area contributed by atoms with Gasteiger partial charge in [-0.15, -0.1) is 0 Å². The molecule has 0 fully saturated rings. The molecule has 0 bridgehead atoms. The fourth-order valence-electron chi connectivity index (χ4n) is 3.40. The van der Waals surface area contributed by atoms with Crippen molar-refractivity contribution < 1.29 is 17.9 Å². The molecule has 6 nitrogen and oxygen atoms in total. The van der Waals surface area contributed by atoms with Crippen LogP contribution < -0.4 is 14.4 Å². The zero-order valence-corrected chi connectivity index (χ0v) is 19.0. The number of benzene rings is 4. The van der Waals surface area contributed by atoms with Crippen LogP contribution in [0.1, 0.15) is 10.4 Å². The van der Waals surface area contributed by atoms with Gasteiger partial charge in [-0.05, 0) is 59.3 Å². The van der Waals surface area contributed by atoms with Crippen LogP contribution in [0.25, 0.3) is 10.8 Å². The molecule has 0 aromatic heterocycles. The summed E-state index contributed by atoms with van der Waals surface area (Å²) in [6.07, 6.45) is 0. The maximum Gasteiger partial charge on any atom is 0.264 e. The molecule has 0 radical (unpaired) electrons. The van der Waals surface area contributed by atoms with Crippen molar-refractivity contribution in [1.29, 1.82) is 0 Å². The lowest BCUT2D eigenvalue weighted by Gasteiger charge is -2.19. The lowest BCUT2D eigenvalue weighted by Crippen LogP contribution is -2.28. The van der Waals surface area contributed by atoms with Crippen LogP contribution in [0.2, 0.25) is 0 Å². The van der Waals surface area contributed by atoms with E-state index in [4.69, 9.17) is 4.74 Å². The minimum absolute atomic E-state index is 0.209. The predicted octanol–water partition coefficient (Wildman–Crippen LogP) is 4.47. The van der Waals surface area contributed by atoms with E-state index in [0.29, 0.717) is 24.4 Å². The number of nitrogens with zero attached hydrogens (tertiary/aromatic N) is 1. The number of fused-ring (bicyclic) bond motifs is 1. The molecule has 4 rings (SSSR count). The van der Waals surface area contributed by atoms with E-state index in [1.165, 1.54) is 11.4 Å². The fraction of sp³-hybridized carbons (Fsp3) is 0.115. The first-order valence-electron chi connectivity index (χ1n) is 10.5. The Labute approximate surface area is 193 Å². The number of carbonyl (C=O) groups excluding carboxylic acids is 1. The highest BCUT2D eigenvalue weighted by Gasteiger charge is 2.21. The van der Waals surface area contributed by atoms with Crippen molar-refractivity contribution in [3.05, 3.63) is 103 Å². The normalized spacial score (nSPS) is 11.2. The standard InChI is InChI=1S/C26H24N2O4S/c1-28(33(30,31)25-9-3-2-4-10-25)23-14-11-21(12-15-23)26(29)27-17-18-32-24-16-13-20-7-5-6-8-22(20)19-24/h2-16,19H,17-18H2,1H3,(H,27,29). The van der Waals surface area contributed by atoms with Gasteiger partial charge in [0, 0.05) is 12.6 Å². The van der Waals surface area contributed by atoms with Crippen LogP contribution in [0.5, 0.6) is 5.75 Å². The van der Waals surface area contributed by atoms with Crippen molar-refractivity contribution in [3.63, 3.8) is 0 Å². The zero-order valence-electron chi connectivity index (χ0n) is 18.1. The summed E-state index contributed by atoms with van der Waals surface area (Å²) in [6, 6.07) is 28.6. The number of anilines is 1. The van der Waals surface area contributed by atoms with Gasteiger partial charge < -0.3 is 10.1 Å². The second-order valence-corrected chi connectivity index (χ2v) is 9.42. The molecule has 0 unspecified atom stereocenters. The molecule has 7 heteroatoms.